The van der Waals surface area contributed by atoms with Crippen molar-refractivity contribution in [3.8, 4) is 0 Å². The highest BCUT2D eigenvalue weighted by Crippen LogP contribution is 2.08. The van der Waals surface area contributed by atoms with E-state index in [1.807, 2.05) is 19.9 Å². The maximum Gasteiger partial charge on any atom is 0.326 e. The molecule has 0 fully saturated rings. The Bertz CT molecular complexity index is 863. The smallest absolute Gasteiger partial charge is 0.326 e. The van der Waals surface area contributed by atoms with Gasteiger partial charge in [0, 0.05) is 12.8 Å². The van der Waals surface area contributed by atoms with Crippen LogP contribution in [-0.2, 0) is 30.4 Å². The van der Waals surface area contributed by atoms with Gasteiger partial charge >= 0.3 is 5.97 Å². The number of rotatable bonds is 14. The van der Waals surface area contributed by atoms with Gasteiger partial charge in [-0.3, -0.25) is 19.2 Å². The number of carbonyl (C=O) groups is 5. The molecule has 0 aliphatic heterocycles. The highest BCUT2D eigenvalue weighted by Gasteiger charge is 2.29. The topological polar surface area (TPSA) is 194 Å². The average molecular weight is 478 g/mol. The summed E-state index contributed by atoms with van der Waals surface area (Å²) in [6, 6.07) is 4.74. The SMILES string of the molecule is CCC(C)C(N)C(=O)NC(Cc1ccccc1)C(=O)NC(C)C(=O)NC(CCC(N)=O)C(=O)O. The molecule has 0 aromatic heterocycles. The lowest BCUT2D eigenvalue weighted by Gasteiger charge is -2.25. The van der Waals surface area contributed by atoms with E-state index in [-0.39, 0.29) is 25.2 Å². The van der Waals surface area contributed by atoms with E-state index in [0.29, 0.717) is 6.42 Å². The van der Waals surface area contributed by atoms with Crippen LogP contribution in [0.2, 0.25) is 0 Å². The first-order valence-electron chi connectivity index (χ1n) is 11.2. The van der Waals surface area contributed by atoms with Gasteiger partial charge in [-0.25, -0.2) is 4.79 Å². The summed E-state index contributed by atoms with van der Waals surface area (Å²) in [5.41, 5.74) is 11.8. The molecule has 0 spiro atoms. The number of carboxylic acids is 1. The number of nitrogens with two attached hydrogens (primary N) is 2. The molecule has 34 heavy (non-hydrogen) atoms. The molecule has 0 saturated heterocycles. The third kappa shape index (κ3) is 9.57. The number of hydrogen-bond donors (Lipinski definition) is 6. The van der Waals surface area contributed by atoms with E-state index < -0.39 is 53.8 Å². The second kappa shape index (κ2) is 13.9. The lowest BCUT2D eigenvalue weighted by Crippen LogP contribution is -2.57. The molecule has 8 N–H and O–H groups in total. The first-order valence-corrected chi connectivity index (χ1v) is 11.2. The van der Waals surface area contributed by atoms with Crippen molar-refractivity contribution in [3.05, 3.63) is 35.9 Å². The second-order valence-electron chi connectivity index (χ2n) is 8.30. The van der Waals surface area contributed by atoms with Gasteiger partial charge in [0.1, 0.15) is 18.1 Å². The van der Waals surface area contributed by atoms with E-state index in [2.05, 4.69) is 16.0 Å². The fourth-order valence-corrected chi connectivity index (χ4v) is 3.06. The number of carbonyl (C=O) groups excluding carboxylic acids is 4. The van der Waals surface area contributed by atoms with Gasteiger partial charge in [-0.05, 0) is 24.8 Å². The van der Waals surface area contributed by atoms with E-state index in [0.717, 1.165) is 5.56 Å². The minimum Gasteiger partial charge on any atom is -0.480 e. The molecule has 1 aromatic carbocycles. The fourth-order valence-electron chi connectivity index (χ4n) is 3.06. The molecule has 1 aromatic rings. The first-order chi connectivity index (χ1) is 16.0. The lowest BCUT2D eigenvalue weighted by molar-refractivity contribution is -0.142. The van der Waals surface area contributed by atoms with Gasteiger partial charge in [-0.15, -0.1) is 0 Å². The minimum absolute atomic E-state index is 0.0986. The van der Waals surface area contributed by atoms with E-state index in [9.17, 15) is 29.1 Å². The Kier molecular flexibility index (Phi) is 11.7. The zero-order valence-corrected chi connectivity index (χ0v) is 19.7. The van der Waals surface area contributed by atoms with Crippen molar-refractivity contribution in [1.29, 1.82) is 0 Å². The lowest BCUT2D eigenvalue weighted by atomic mass is 9.98. The van der Waals surface area contributed by atoms with Gasteiger partial charge in [0.25, 0.3) is 0 Å². The molecule has 5 unspecified atom stereocenters. The number of hydrogen-bond acceptors (Lipinski definition) is 6. The molecule has 0 aliphatic carbocycles. The van der Waals surface area contributed by atoms with Gasteiger partial charge in [0.05, 0.1) is 6.04 Å². The van der Waals surface area contributed by atoms with Crippen LogP contribution in [-0.4, -0.2) is 58.9 Å². The molecule has 1 rings (SSSR count). The van der Waals surface area contributed by atoms with Crippen LogP contribution in [0.1, 0.15) is 45.6 Å². The van der Waals surface area contributed by atoms with Gasteiger partial charge in [0.15, 0.2) is 0 Å². The zero-order chi connectivity index (χ0) is 25.8. The summed E-state index contributed by atoms with van der Waals surface area (Å²) in [6.45, 7) is 5.12. The van der Waals surface area contributed by atoms with Crippen molar-refractivity contribution in [2.45, 2.75) is 70.6 Å². The number of nitrogens with one attached hydrogen (secondary N) is 3. The normalized spacial score (nSPS) is 15.2. The van der Waals surface area contributed by atoms with Crippen LogP contribution in [0.25, 0.3) is 0 Å². The molecule has 11 nitrogen and oxygen atoms in total. The quantitative estimate of drug-likeness (QED) is 0.206. The van der Waals surface area contributed by atoms with Crippen molar-refractivity contribution < 1.29 is 29.1 Å². The minimum atomic E-state index is -1.34. The Morgan fingerprint density at radius 2 is 1.50 bits per heavy atom. The van der Waals surface area contributed by atoms with Crippen molar-refractivity contribution in [3.63, 3.8) is 0 Å². The molecule has 0 radical (unpaired) electrons. The monoisotopic (exact) mass is 477 g/mol. The largest absolute Gasteiger partial charge is 0.480 e. The van der Waals surface area contributed by atoms with E-state index in [1.54, 1.807) is 24.3 Å². The molecule has 0 aliphatic rings. The number of benzene rings is 1. The van der Waals surface area contributed by atoms with Crippen molar-refractivity contribution in [1.82, 2.24) is 16.0 Å². The number of primary amides is 1. The van der Waals surface area contributed by atoms with Crippen LogP contribution in [0.3, 0.4) is 0 Å². The van der Waals surface area contributed by atoms with Crippen LogP contribution < -0.4 is 27.4 Å². The summed E-state index contributed by atoms with van der Waals surface area (Å²) in [5.74, 6) is -4.00. The van der Waals surface area contributed by atoms with Crippen molar-refractivity contribution in [2.24, 2.45) is 17.4 Å². The van der Waals surface area contributed by atoms with Crippen LogP contribution in [0.4, 0.5) is 0 Å². The molecule has 188 valence electrons. The zero-order valence-electron chi connectivity index (χ0n) is 19.7. The predicted molar refractivity (Wildman–Crippen MR) is 125 cm³/mol. The maximum atomic E-state index is 13.0. The molecule has 5 atom stereocenters. The molecular formula is C23H35N5O6. The average Bonchev–Trinajstić information content (AvgIpc) is 2.80. The van der Waals surface area contributed by atoms with Gasteiger partial charge in [-0.2, -0.15) is 0 Å². The summed E-state index contributed by atoms with van der Waals surface area (Å²) >= 11 is 0. The summed E-state index contributed by atoms with van der Waals surface area (Å²) in [5, 5.41) is 16.7. The van der Waals surface area contributed by atoms with Crippen LogP contribution in [0.5, 0.6) is 0 Å². The van der Waals surface area contributed by atoms with Crippen LogP contribution in [0, 0.1) is 5.92 Å². The van der Waals surface area contributed by atoms with E-state index in [1.165, 1.54) is 6.92 Å². The van der Waals surface area contributed by atoms with Gasteiger partial charge in [0.2, 0.25) is 23.6 Å². The Hall–Kier alpha value is -3.47. The van der Waals surface area contributed by atoms with Gasteiger partial charge < -0.3 is 32.5 Å². The summed E-state index contributed by atoms with van der Waals surface area (Å²) in [7, 11) is 0. The first kappa shape index (κ1) is 28.6. The van der Waals surface area contributed by atoms with Crippen molar-refractivity contribution in [2.75, 3.05) is 0 Å². The van der Waals surface area contributed by atoms with Crippen LogP contribution >= 0.6 is 0 Å². The van der Waals surface area contributed by atoms with E-state index >= 15 is 0 Å². The molecule has 4 amide bonds. The highest BCUT2D eigenvalue weighted by molar-refractivity contribution is 5.94. The molecule has 0 bridgehead atoms. The number of aliphatic carboxylic acids is 1. The fraction of sp³-hybridized carbons (Fsp3) is 0.522. The molecule has 0 heterocycles. The molecule has 11 heteroatoms. The van der Waals surface area contributed by atoms with Crippen molar-refractivity contribution >= 4 is 29.6 Å². The van der Waals surface area contributed by atoms with Crippen LogP contribution in [0.15, 0.2) is 30.3 Å². The standard InChI is InChI=1S/C23H35N5O6/c1-4-13(2)19(25)22(32)28-17(12-15-8-6-5-7-9-15)21(31)26-14(3)20(30)27-16(23(33)34)10-11-18(24)29/h5-9,13-14,16-17,19H,4,10-12,25H2,1-3H3,(H2,24,29)(H,26,31)(H,27,30)(H,28,32)(H,33,34). The second-order valence-corrected chi connectivity index (χ2v) is 8.30. The third-order valence-electron chi connectivity index (χ3n) is 5.52. The van der Waals surface area contributed by atoms with E-state index in [4.69, 9.17) is 11.5 Å². The molecular weight excluding hydrogens is 442 g/mol. The highest BCUT2D eigenvalue weighted by atomic mass is 16.4. The number of carboxylic acid groups (broad SMARTS) is 1. The Morgan fingerprint density at radius 1 is 0.912 bits per heavy atom. The molecule has 0 saturated carbocycles. The van der Waals surface area contributed by atoms with Gasteiger partial charge in [-0.1, -0.05) is 50.6 Å². The summed E-state index contributed by atoms with van der Waals surface area (Å²) in [6.07, 6.45) is 0.440. The third-order valence-corrected chi connectivity index (χ3v) is 5.52. The summed E-state index contributed by atoms with van der Waals surface area (Å²) in [4.78, 5) is 60.3. The maximum absolute atomic E-state index is 13.0. The Labute approximate surface area is 199 Å². The Balaban J connectivity index is 2.90. The summed E-state index contributed by atoms with van der Waals surface area (Å²) < 4.78 is 0. The number of amides is 4. The Morgan fingerprint density at radius 3 is 2.03 bits per heavy atom. The predicted octanol–water partition coefficient (Wildman–Crippen LogP) is -0.573.